The van der Waals surface area contributed by atoms with Crippen LogP contribution in [0.15, 0.2) is 36.5 Å². The van der Waals surface area contributed by atoms with Crippen molar-refractivity contribution in [2.75, 3.05) is 13.2 Å². The number of benzene rings is 1. The molecule has 182 valence electrons. The zero-order valence-electron chi connectivity index (χ0n) is 19.7. The van der Waals surface area contributed by atoms with Crippen LogP contribution in [0.3, 0.4) is 0 Å². The Bertz CT molecular complexity index is 1160. The van der Waals surface area contributed by atoms with Crippen molar-refractivity contribution < 1.29 is 27.8 Å². The van der Waals surface area contributed by atoms with Crippen LogP contribution in [0, 0.1) is 17.6 Å². The van der Waals surface area contributed by atoms with Gasteiger partial charge in [-0.15, -0.1) is 0 Å². The van der Waals surface area contributed by atoms with E-state index in [0.717, 1.165) is 12.1 Å². The molecule has 1 N–H and O–H groups in total. The molecule has 1 atom stereocenters. The minimum Gasteiger partial charge on any atom is -0.492 e. The van der Waals surface area contributed by atoms with Crippen LogP contribution in [0.2, 0.25) is 0 Å². The van der Waals surface area contributed by atoms with Crippen molar-refractivity contribution in [1.29, 1.82) is 0 Å². The molecule has 2 aromatic heterocycles. The number of nitrogens with one attached hydrogen (secondary N) is 1. The first kappa shape index (κ1) is 23.8. The Labute approximate surface area is 197 Å². The summed E-state index contributed by atoms with van der Waals surface area (Å²) >= 11 is 0. The number of rotatable bonds is 8. The topological polar surface area (TPSA) is 74.1 Å². The van der Waals surface area contributed by atoms with Gasteiger partial charge >= 0.3 is 6.09 Å². The van der Waals surface area contributed by atoms with Crippen LogP contribution in [0.25, 0.3) is 16.8 Å². The van der Waals surface area contributed by atoms with E-state index < -0.39 is 29.4 Å². The molecule has 1 aromatic carbocycles. The minimum atomic E-state index is -0.795. The van der Waals surface area contributed by atoms with Crippen molar-refractivity contribution in [3.8, 4) is 22.8 Å². The summed E-state index contributed by atoms with van der Waals surface area (Å²) in [5.74, 6) is -0.305. The second-order valence-electron chi connectivity index (χ2n) is 9.64. The number of amides is 1. The first-order chi connectivity index (χ1) is 16.1. The van der Waals surface area contributed by atoms with Gasteiger partial charge in [0, 0.05) is 12.1 Å². The third-order valence-electron chi connectivity index (χ3n) is 5.15. The van der Waals surface area contributed by atoms with Crippen LogP contribution in [-0.4, -0.2) is 40.6 Å². The summed E-state index contributed by atoms with van der Waals surface area (Å²) in [5.41, 5.74) is -0.0113. The molecule has 1 aliphatic rings. The number of aromatic nitrogens is 2. The lowest BCUT2D eigenvalue weighted by Crippen LogP contribution is -2.40. The van der Waals surface area contributed by atoms with Gasteiger partial charge in [0.05, 0.1) is 35.6 Å². The van der Waals surface area contributed by atoms with Gasteiger partial charge in [-0.3, -0.25) is 0 Å². The van der Waals surface area contributed by atoms with Crippen LogP contribution >= 0.6 is 0 Å². The van der Waals surface area contributed by atoms with E-state index in [-0.39, 0.29) is 23.6 Å². The van der Waals surface area contributed by atoms with E-state index in [4.69, 9.17) is 14.2 Å². The highest BCUT2D eigenvalue weighted by Gasteiger charge is 2.22. The normalized spacial score (nSPS) is 14.6. The summed E-state index contributed by atoms with van der Waals surface area (Å²) < 4.78 is 47.7. The smallest absolute Gasteiger partial charge is 0.407 e. The highest BCUT2D eigenvalue weighted by atomic mass is 19.1. The molecule has 1 saturated carbocycles. The number of fused-ring (bicyclic) bond motifs is 1. The summed E-state index contributed by atoms with van der Waals surface area (Å²) in [6.45, 7) is 7.64. The SMILES string of the molecule is C[C@@H](COc1cc(F)c(-c2cc3ccc(OCC4CC4)cn3n2)c(F)c1)NC(=O)OC(C)(C)C. The molecule has 4 rings (SSSR count). The van der Waals surface area contributed by atoms with Gasteiger partial charge in [0.2, 0.25) is 0 Å². The number of carbonyl (C=O) groups is 1. The zero-order valence-corrected chi connectivity index (χ0v) is 19.7. The van der Waals surface area contributed by atoms with Crippen LogP contribution in [0.5, 0.6) is 11.5 Å². The Morgan fingerprint density at radius 3 is 2.50 bits per heavy atom. The Morgan fingerprint density at radius 1 is 1.15 bits per heavy atom. The van der Waals surface area contributed by atoms with Gasteiger partial charge in [-0.1, -0.05) is 0 Å². The third kappa shape index (κ3) is 6.15. The summed E-state index contributed by atoms with van der Waals surface area (Å²) in [5, 5.41) is 6.94. The lowest BCUT2D eigenvalue weighted by atomic mass is 10.1. The Morgan fingerprint density at radius 2 is 1.85 bits per heavy atom. The number of pyridine rings is 1. The van der Waals surface area contributed by atoms with Gasteiger partial charge in [0.15, 0.2) is 0 Å². The van der Waals surface area contributed by atoms with Gasteiger partial charge in [0.1, 0.15) is 35.3 Å². The van der Waals surface area contributed by atoms with E-state index in [9.17, 15) is 13.6 Å². The van der Waals surface area contributed by atoms with Crippen LogP contribution in [0.1, 0.15) is 40.5 Å². The fourth-order valence-electron chi connectivity index (χ4n) is 3.32. The average molecular weight is 474 g/mol. The van der Waals surface area contributed by atoms with E-state index in [1.807, 2.05) is 6.07 Å². The average Bonchev–Trinajstić information content (AvgIpc) is 3.46. The number of hydrogen-bond acceptors (Lipinski definition) is 5. The summed E-state index contributed by atoms with van der Waals surface area (Å²) in [4.78, 5) is 11.8. The third-order valence-corrected chi connectivity index (χ3v) is 5.15. The predicted molar refractivity (Wildman–Crippen MR) is 123 cm³/mol. The number of hydrogen-bond donors (Lipinski definition) is 1. The minimum absolute atomic E-state index is 0.00939. The molecular formula is C25H29F2N3O4. The van der Waals surface area contributed by atoms with E-state index >= 15 is 0 Å². The molecule has 1 fully saturated rings. The molecule has 0 radical (unpaired) electrons. The second kappa shape index (κ2) is 9.48. The standard InChI is InChI=1S/C25H29F2N3O4/c1-15(28-24(31)34-25(2,3)4)13-32-19-10-20(26)23(21(27)11-19)22-9-17-7-8-18(12-30(17)29-22)33-14-16-5-6-16/h7-12,15-16H,5-6,13-14H2,1-4H3,(H,28,31)/t15-/m0/s1. The Balaban J connectivity index is 1.42. The summed E-state index contributed by atoms with van der Waals surface area (Å²) in [6, 6.07) is 7.00. The Hall–Kier alpha value is -3.36. The van der Waals surface area contributed by atoms with Crippen LogP contribution in [-0.2, 0) is 4.74 Å². The molecule has 0 unspecified atom stereocenters. The summed E-state index contributed by atoms with van der Waals surface area (Å²) in [7, 11) is 0. The predicted octanol–water partition coefficient (Wildman–Crippen LogP) is 5.36. The van der Waals surface area contributed by atoms with Crippen molar-refractivity contribution in [3.05, 3.63) is 48.2 Å². The molecule has 9 heteroatoms. The molecule has 0 spiro atoms. The lowest BCUT2D eigenvalue weighted by molar-refractivity contribution is 0.0493. The van der Waals surface area contributed by atoms with Gasteiger partial charge in [-0.05, 0) is 64.7 Å². The Kier molecular flexibility index (Phi) is 6.63. The maximum atomic E-state index is 14.9. The largest absolute Gasteiger partial charge is 0.492 e. The molecule has 0 bridgehead atoms. The van der Waals surface area contributed by atoms with Crippen molar-refractivity contribution in [3.63, 3.8) is 0 Å². The van der Waals surface area contributed by atoms with Crippen molar-refractivity contribution in [2.45, 2.75) is 52.2 Å². The van der Waals surface area contributed by atoms with Gasteiger partial charge in [-0.2, -0.15) is 5.10 Å². The van der Waals surface area contributed by atoms with Crippen LogP contribution in [0.4, 0.5) is 13.6 Å². The fourth-order valence-corrected chi connectivity index (χ4v) is 3.32. The summed E-state index contributed by atoms with van der Waals surface area (Å²) in [6.07, 6.45) is 3.48. The maximum absolute atomic E-state index is 14.9. The molecule has 2 heterocycles. The van der Waals surface area contributed by atoms with Gasteiger partial charge in [0.25, 0.3) is 0 Å². The number of ether oxygens (including phenoxy) is 3. The molecule has 0 aliphatic heterocycles. The fraction of sp³-hybridized carbons (Fsp3) is 0.440. The highest BCUT2D eigenvalue weighted by molar-refractivity contribution is 5.68. The maximum Gasteiger partial charge on any atom is 0.407 e. The van der Waals surface area contributed by atoms with Crippen molar-refractivity contribution in [2.24, 2.45) is 5.92 Å². The lowest BCUT2D eigenvalue weighted by Gasteiger charge is -2.22. The molecule has 7 nitrogen and oxygen atoms in total. The molecule has 3 aromatic rings. The molecule has 1 amide bonds. The van der Waals surface area contributed by atoms with Gasteiger partial charge < -0.3 is 19.5 Å². The van der Waals surface area contributed by atoms with Gasteiger partial charge in [-0.25, -0.2) is 18.1 Å². The van der Waals surface area contributed by atoms with Crippen molar-refractivity contribution in [1.82, 2.24) is 14.9 Å². The van der Waals surface area contributed by atoms with E-state index in [0.29, 0.717) is 23.8 Å². The number of alkyl carbamates (subject to hydrolysis) is 1. The van der Waals surface area contributed by atoms with Crippen molar-refractivity contribution >= 4 is 11.6 Å². The monoisotopic (exact) mass is 473 g/mol. The molecular weight excluding hydrogens is 444 g/mol. The van der Waals surface area contributed by atoms with Crippen LogP contribution < -0.4 is 14.8 Å². The first-order valence-corrected chi connectivity index (χ1v) is 11.3. The van der Waals surface area contributed by atoms with E-state index in [2.05, 4.69) is 10.4 Å². The molecule has 0 saturated heterocycles. The highest BCUT2D eigenvalue weighted by Crippen LogP contribution is 2.31. The second-order valence-corrected chi connectivity index (χ2v) is 9.64. The number of carbonyl (C=O) groups excluding carboxylic acids is 1. The number of halogens is 2. The van der Waals surface area contributed by atoms with E-state index in [1.165, 1.54) is 12.8 Å². The first-order valence-electron chi connectivity index (χ1n) is 11.3. The molecule has 1 aliphatic carbocycles. The van der Waals surface area contributed by atoms with E-state index in [1.54, 1.807) is 50.5 Å². The number of nitrogens with zero attached hydrogens (tertiary/aromatic N) is 2. The zero-order chi connectivity index (χ0) is 24.5. The molecule has 34 heavy (non-hydrogen) atoms. The quantitative estimate of drug-likeness (QED) is 0.477.